The van der Waals surface area contributed by atoms with Crippen molar-refractivity contribution < 1.29 is 17.6 Å². The third-order valence-electron chi connectivity index (χ3n) is 3.59. The highest BCUT2D eigenvalue weighted by atomic mass is 32.2. The Morgan fingerprint density at radius 3 is 2.44 bits per heavy atom. The molecule has 0 heterocycles. The third-order valence-corrected chi connectivity index (χ3v) is 4.30. The molecule has 5 nitrogen and oxygen atoms in total. The molecule has 2 aromatic rings. The summed E-state index contributed by atoms with van der Waals surface area (Å²) < 4.78 is 38.6. The average molecular weight is 364 g/mol. The van der Waals surface area contributed by atoms with Crippen molar-refractivity contribution in [1.29, 1.82) is 0 Å². The van der Waals surface area contributed by atoms with E-state index in [1.54, 1.807) is 0 Å². The summed E-state index contributed by atoms with van der Waals surface area (Å²) in [6.45, 7) is 2.32. The molecular formula is C18H21FN2O3S. The smallest absolute Gasteiger partial charge is 0.222 e. The fourth-order valence-electron chi connectivity index (χ4n) is 2.46. The molecule has 1 amide bonds. The molecule has 0 aliphatic heterocycles. The zero-order valence-corrected chi connectivity index (χ0v) is 14.9. The molecule has 0 bridgehead atoms. The summed E-state index contributed by atoms with van der Waals surface area (Å²) in [5.41, 5.74) is 2.58. The first-order valence-corrected chi connectivity index (χ1v) is 9.67. The molecule has 0 saturated carbocycles. The Hall–Kier alpha value is -2.25. The van der Waals surface area contributed by atoms with Crippen molar-refractivity contribution in [2.75, 3.05) is 6.26 Å². The van der Waals surface area contributed by atoms with E-state index in [1.165, 1.54) is 24.3 Å². The molecule has 0 aliphatic rings. The minimum Gasteiger partial charge on any atom is -0.352 e. The van der Waals surface area contributed by atoms with Crippen molar-refractivity contribution in [3.8, 4) is 0 Å². The van der Waals surface area contributed by atoms with Gasteiger partial charge in [0.1, 0.15) is 5.82 Å². The van der Waals surface area contributed by atoms with Crippen molar-refractivity contribution in [2.24, 2.45) is 0 Å². The average Bonchev–Trinajstić information content (AvgIpc) is 2.52. The van der Waals surface area contributed by atoms with Gasteiger partial charge in [0.15, 0.2) is 0 Å². The highest BCUT2D eigenvalue weighted by Crippen LogP contribution is 2.18. The number of carbonyl (C=O) groups is 1. The first-order valence-electron chi connectivity index (χ1n) is 7.78. The van der Waals surface area contributed by atoms with Crippen LogP contribution in [0.15, 0.2) is 48.5 Å². The molecule has 0 aliphatic carbocycles. The van der Waals surface area contributed by atoms with E-state index < -0.39 is 21.9 Å². The quantitative estimate of drug-likeness (QED) is 0.792. The van der Waals surface area contributed by atoms with E-state index in [2.05, 4.69) is 10.0 Å². The zero-order valence-electron chi connectivity index (χ0n) is 14.1. The molecule has 7 heteroatoms. The first-order chi connectivity index (χ1) is 11.7. The maximum Gasteiger partial charge on any atom is 0.222 e. The molecule has 0 radical (unpaired) electrons. The van der Waals surface area contributed by atoms with Crippen LogP contribution in [0.1, 0.15) is 29.2 Å². The lowest BCUT2D eigenvalue weighted by atomic mass is 10.0. The molecule has 0 saturated heterocycles. The maximum atomic E-state index is 13.1. The summed E-state index contributed by atoms with van der Waals surface area (Å²) in [4.78, 5) is 12.2. The number of sulfonamides is 1. The third kappa shape index (κ3) is 6.64. The Morgan fingerprint density at radius 1 is 1.16 bits per heavy atom. The van der Waals surface area contributed by atoms with Gasteiger partial charge in [0.2, 0.25) is 15.9 Å². The number of rotatable bonds is 7. The van der Waals surface area contributed by atoms with E-state index in [4.69, 9.17) is 0 Å². The van der Waals surface area contributed by atoms with Crippen molar-refractivity contribution in [2.45, 2.75) is 25.9 Å². The fraction of sp³-hybridized carbons (Fsp3) is 0.278. The van der Waals surface area contributed by atoms with Crippen LogP contribution < -0.4 is 10.0 Å². The van der Waals surface area contributed by atoms with Crippen LogP contribution in [-0.2, 0) is 21.4 Å². The summed E-state index contributed by atoms with van der Waals surface area (Å²) in [5.74, 6) is -0.724. The van der Waals surface area contributed by atoms with Gasteiger partial charge in [0.05, 0.1) is 12.3 Å². The lowest BCUT2D eigenvalue weighted by Gasteiger charge is -2.18. The first kappa shape index (κ1) is 19.1. The van der Waals surface area contributed by atoms with Crippen LogP contribution in [0.25, 0.3) is 0 Å². The van der Waals surface area contributed by atoms with Crippen LogP contribution in [0.4, 0.5) is 4.39 Å². The van der Waals surface area contributed by atoms with Gasteiger partial charge in [-0.15, -0.1) is 0 Å². The van der Waals surface area contributed by atoms with Gasteiger partial charge >= 0.3 is 0 Å². The monoisotopic (exact) mass is 364 g/mol. The topological polar surface area (TPSA) is 75.3 Å². The molecular weight excluding hydrogens is 343 g/mol. The molecule has 1 unspecified atom stereocenters. The highest BCUT2D eigenvalue weighted by Gasteiger charge is 2.19. The number of amides is 1. The Balaban J connectivity index is 2.05. The largest absolute Gasteiger partial charge is 0.352 e. The van der Waals surface area contributed by atoms with Gasteiger partial charge in [0, 0.05) is 13.0 Å². The van der Waals surface area contributed by atoms with Gasteiger partial charge < -0.3 is 5.32 Å². The predicted octanol–water partition coefficient (Wildman–Crippen LogP) is 2.43. The Morgan fingerprint density at radius 2 is 1.84 bits per heavy atom. The molecule has 2 N–H and O–H groups in total. The van der Waals surface area contributed by atoms with Gasteiger partial charge in [-0.3, -0.25) is 4.79 Å². The Kier molecular flexibility index (Phi) is 6.27. The summed E-state index contributed by atoms with van der Waals surface area (Å²) in [5, 5.41) is 2.78. The van der Waals surface area contributed by atoms with Crippen molar-refractivity contribution in [1.82, 2.24) is 10.0 Å². The molecule has 2 rings (SSSR count). The summed E-state index contributed by atoms with van der Waals surface area (Å²) in [7, 11) is -3.52. The lowest BCUT2D eigenvalue weighted by molar-refractivity contribution is -0.121. The number of nitrogens with one attached hydrogen (secondary N) is 2. The highest BCUT2D eigenvalue weighted by molar-refractivity contribution is 7.88. The molecule has 0 aromatic heterocycles. The molecule has 1 atom stereocenters. The number of carbonyl (C=O) groups excluding carboxylic acids is 1. The van der Waals surface area contributed by atoms with Gasteiger partial charge in [-0.25, -0.2) is 17.5 Å². The van der Waals surface area contributed by atoms with E-state index in [0.717, 1.165) is 17.4 Å². The number of hydrogen-bond acceptors (Lipinski definition) is 3. The fourth-order valence-corrected chi connectivity index (χ4v) is 3.20. The van der Waals surface area contributed by atoms with E-state index in [0.29, 0.717) is 12.1 Å². The zero-order chi connectivity index (χ0) is 18.4. The molecule has 2 aromatic carbocycles. The summed E-state index contributed by atoms with van der Waals surface area (Å²) >= 11 is 0. The van der Waals surface area contributed by atoms with Gasteiger partial charge in [-0.2, -0.15) is 0 Å². The van der Waals surface area contributed by atoms with Crippen molar-refractivity contribution in [3.63, 3.8) is 0 Å². The Labute approximate surface area is 147 Å². The minimum absolute atomic E-state index is 0.0789. The molecule has 0 fully saturated rings. The van der Waals surface area contributed by atoms with Crippen molar-refractivity contribution in [3.05, 3.63) is 71.0 Å². The number of hydrogen-bond donors (Lipinski definition) is 2. The van der Waals surface area contributed by atoms with E-state index in [9.17, 15) is 17.6 Å². The van der Waals surface area contributed by atoms with E-state index >= 15 is 0 Å². The van der Waals surface area contributed by atoms with Crippen LogP contribution in [0.3, 0.4) is 0 Å². The van der Waals surface area contributed by atoms with Crippen LogP contribution in [-0.4, -0.2) is 20.6 Å². The second-order valence-electron chi connectivity index (χ2n) is 5.96. The predicted molar refractivity (Wildman–Crippen MR) is 94.8 cm³/mol. The van der Waals surface area contributed by atoms with Gasteiger partial charge in [-0.1, -0.05) is 42.0 Å². The number of halogens is 1. The molecule has 25 heavy (non-hydrogen) atoms. The van der Waals surface area contributed by atoms with E-state index in [-0.39, 0.29) is 12.3 Å². The summed E-state index contributed by atoms with van der Waals surface area (Å²) in [6, 6.07) is 12.4. The van der Waals surface area contributed by atoms with Crippen molar-refractivity contribution >= 4 is 15.9 Å². The van der Waals surface area contributed by atoms with E-state index in [1.807, 2.05) is 31.2 Å². The van der Waals surface area contributed by atoms with Gasteiger partial charge in [0.25, 0.3) is 0 Å². The molecule has 134 valence electrons. The second-order valence-corrected chi connectivity index (χ2v) is 7.74. The summed E-state index contributed by atoms with van der Waals surface area (Å²) in [6.07, 6.45) is 0.943. The Bertz CT molecular complexity index is 836. The SMILES string of the molecule is Cc1cccc(CNC(=O)CC(NS(C)(=O)=O)c2ccc(F)cc2)c1. The van der Waals surface area contributed by atoms with Crippen LogP contribution >= 0.6 is 0 Å². The molecule has 0 spiro atoms. The maximum absolute atomic E-state index is 13.1. The standard InChI is InChI=1S/C18H21FN2O3S/c1-13-4-3-5-14(10-13)12-20-18(22)11-17(21-25(2,23)24)15-6-8-16(19)9-7-15/h3-10,17,21H,11-12H2,1-2H3,(H,20,22). The van der Waals surface area contributed by atoms with Gasteiger partial charge in [-0.05, 0) is 30.2 Å². The second kappa shape index (κ2) is 8.22. The lowest BCUT2D eigenvalue weighted by Crippen LogP contribution is -2.33. The van der Waals surface area contributed by atoms with Crippen LogP contribution in [0.2, 0.25) is 0 Å². The number of aryl methyl sites for hydroxylation is 1. The minimum atomic E-state index is -3.52. The van der Waals surface area contributed by atoms with Crippen LogP contribution in [0.5, 0.6) is 0 Å². The van der Waals surface area contributed by atoms with Crippen LogP contribution in [0, 0.1) is 12.7 Å². The normalized spacial score (nSPS) is 12.6. The number of benzene rings is 2.